The zero-order valence-corrected chi connectivity index (χ0v) is 10.6. The van der Waals surface area contributed by atoms with Crippen molar-refractivity contribution in [3.8, 4) is 0 Å². The molecule has 2 fully saturated rings. The van der Waals surface area contributed by atoms with Crippen molar-refractivity contribution >= 4 is 5.84 Å². The number of hydrogen-bond donors (Lipinski definition) is 2. The molecule has 0 bridgehead atoms. The zero-order valence-electron chi connectivity index (χ0n) is 10.6. The Morgan fingerprint density at radius 1 is 1.18 bits per heavy atom. The van der Waals surface area contributed by atoms with Gasteiger partial charge in [-0.05, 0) is 51.1 Å². The summed E-state index contributed by atoms with van der Waals surface area (Å²) < 4.78 is 0. The first-order chi connectivity index (χ1) is 8.29. The van der Waals surface area contributed by atoms with Crippen LogP contribution in [0.3, 0.4) is 0 Å². The van der Waals surface area contributed by atoms with Gasteiger partial charge in [-0.15, -0.1) is 0 Å². The van der Waals surface area contributed by atoms with Crippen LogP contribution in [0.25, 0.3) is 0 Å². The van der Waals surface area contributed by atoms with E-state index in [1.807, 2.05) is 0 Å². The van der Waals surface area contributed by atoms with Crippen molar-refractivity contribution in [3.05, 3.63) is 0 Å². The molecule has 4 nitrogen and oxygen atoms in total. The molecule has 1 saturated heterocycles. The number of nitrogens with zero attached hydrogens (tertiary/aromatic N) is 2. The molecule has 3 N–H and O–H groups in total. The summed E-state index contributed by atoms with van der Waals surface area (Å²) in [7, 11) is 0. The molecule has 17 heavy (non-hydrogen) atoms. The predicted molar refractivity (Wildman–Crippen MR) is 69.2 cm³/mol. The predicted octanol–water partition coefficient (Wildman–Crippen LogP) is 2.17. The van der Waals surface area contributed by atoms with Crippen LogP contribution in [-0.4, -0.2) is 35.1 Å². The minimum atomic E-state index is 0.378. The van der Waals surface area contributed by atoms with Crippen molar-refractivity contribution in [1.29, 1.82) is 0 Å². The van der Waals surface area contributed by atoms with Gasteiger partial charge in [-0.2, -0.15) is 0 Å². The van der Waals surface area contributed by atoms with Gasteiger partial charge in [0.15, 0.2) is 0 Å². The number of piperidine rings is 1. The fraction of sp³-hybridized carbons (Fsp3) is 0.923. The average molecular weight is 239 g/mol. The second-order valence-electron chi connectivity index (χ2n) is 5.55. The van der Waals surface area contributed by atoms with Crippen LogP contribution in [0.15, 0.2) is 5.16 Å². The Hall–Kier alpha value is -0.770. The molecule has 1 heterocycles. The molecule has 0 spiro atoms. The standard InChI is InChI=1S/C13H25N3O/c14-13(15-17)6-5-11-7-9-16(10-8-11)12-3-1-2-4-12/h11-12,17H,1-10H2,(H2,14,15). The lowest BCUT2D eigenvalue weighted by Crippen LogP contribution is -2.40. The molecule has 2 aliphatic rings. The second-order valence-corrected chi connectivity index (χ2v) is 5.55. The van der Waals surface area contributed by atoms with Crippen molar-refractivity contribution in [2.24, 2.45) is 16.8 Å². The summed E-state index contributed by atoms with van der Waals surface area (Å²) in [6, 6.07) is 0.875. The van der Waals surface area contributed by atoms with Crippen molar-refractivity contribution in [3.63, 3.8) is 0 Å². The fourth-order valence-corrected chi connectivity index (χ4v) is 3.28. The van der Waals surface area contributed by atoms with E-state index >= 15 is 0 Å². The van der Waals surface area contributed by atoms with Gasteiger partial charge in [0.05, 0.1) is 0 Å². The fourth-order valence-electron chi connectivity index (χ4n) is 3.28. The van der Waals surface area contributed by atoms with Crippen molar-refractivity contribution in [1.82, 2.24) is 4.90 Å². The van der Waals surface area contributed by atoms with E-state index in [-0.39, 0.29) is 0 Å². The molecule has 1 aliphatic heterocycles. The summed E-state index contributed by atoms with van der Waals surface area (Å²) in [6.07, 6.45) is 10.1. The molecule has 0 radical (unpaired) electrons. The Balaban J connectivity index is 1.67. The monoisotopic (exact) mass is 239 g/mol. The van der Waals surface area contributed by atoms with Crippen LogP contribution >= 0.6 is 0 Å². The number of hydrogen-bond acceptors (Lipinski definition) is 3. The maximum Gasteiger partial charge on any atom is 0.139 e. The molecule has 1 aliphatic carbocycles. The summed E-state index contributed by atoms with van der Waals surface area (Å²) in [5.41, 5.74) is 5.51. The Bertz CT molecular complexity index is 253. The maximum atomic E-state index is 8.50. The summed E-state index contributed by atoms with van der Waals surface area (Å²) >= 11 is 0. The van der Waals surface area contributed by atoms with Gasteiger partial charge < -0.3 is 15.8 Å². The number of oxime groups is 1. The van der Waals surface area contributed by atoms with Crippen LogP contribution in [0.1, 0.15) is 51.4 Å². The molecule has 0 unspecified atom stereocenters. The van der Waals surface area contributed by atoms with Crippen LogP contribution < -0.4 is 5.73 Å². The van der Waals surface area contributed by atoms with Crippen LogP contribution in [0.2, 0.25) is 0 Å². The molecular weight excluding hydrogens is 214 g/mol. The van der Waals surface area contributed by atoms with E-state index in [1.54, 1.807) is 0 Å². The Kier molecular flexibility index (Phi) is 4.66. The van der Waals surface area contributed by atoms with E-state index < -0.39 is 0 Å². The smallest absolute Gasteiger partial charge is 0.139 e. The summed E-state index contributed by atoms with van der Waals surface area (Å²) in [5.74, 6) is 1.15. The molecule has 0 atom stereocenters. The highest BCUT2D eigenvalue weighted by molar-refractivity contribution is 5.79. The number of amidine groups is 1. The Morgan fingerprint density at radius 2 is 1.82 bits per heavy atom. The highest BCUT2D eigenvalue weighted by Gasteiger charge is 2.26. The average Bonchev–Trinajstić information content (AvgIpc) is 2.90. The number of rotatable bonds is 4. The molecule has 1 saturated carbocycles. The van der Waals surface area contributed by atoms with Gasteiger partial charge in [0.2, 0.25) is 0 Å². The van der Waals surface area contributed by atoms with Crippen LogP contribution in [0.5, 0.6) is 0 Å². The van der Waals surface area contributed by atoms with E-state index in [9.17, 15) is 0 Å². The number of nitrogens with two attached hydrogens (primary N) is 1. The Morgan fingerprint density at radius 3 is 2.41 bits per heavy atom. The third-order valence-electron chi connectivity index (χ3n) is 4.43. The van der Waals surface area contributed by atoms with Crippen LogP contribution in [0, 0.1) is 5.92 Å². The maximum absolute atomic E-state index is 8.50. The molecule has 4 heteroatoms. The minimum absolute atomic E-state index is 0.378. The van der Waals surface area contributed by atoms with Gasteiger partial charge in [0, 0.05) is 12.5 Å². The largest absolute Gasteiger partial charge is 0.409 e. The molecule has 0 amide bonds. The first-order valence-electron chi connectivity index (χ1n) is 7.00. The van der Waals surface area contributed by atoms with E-state index in [0.29, 0.717) is 5.84 Å². The summed E-state index contributed by atoms with van der Waals surface area (Å²) in [6.45, 7) is 2.51. The van der Waals surface area contributed by atoms with Gasteiger partial charge in [-0.25, -0.2) is 0 Å². The van der Waals surface area contributed by atoms with Gasteiger partial charge >= 0.3 is 0 Å². The van der Waals surface area contributed by atoms with E-state index in [0.717, 1.165) is 24.8 Å². The minimum Gasteiger partial charge on any atom is -0.409 e. The van der Waals surface area contributed by atoms with Crippen molar-refractivity contribution < 1.29 is 5.21 Å². The normalized spacial score (nSPS) is 25.5. The third kappa shape index (κ3) is 3.60. The van der Waals surface area contributed by atoms with Crippen LogP contribution in [0.4, 0.5) is 0 Å². The van der Waals surface area contributed by atoms with E-state index in [2.05, 4.69) is 10.1 Å². The van der Waals surface area contributed by atoms with Crippen LogP contribution in [-0.2, 0) is 0 Å². The first kappa shape index (κ1) is 12.7. The third-order valence-corrected chi connectivity index (χ3v) is 4.43. The summed E-state index contributed by atoms with van der Waals surface area (Å²) in [4.78, 5) is 2.69. The highest BCUT2D eigenvalue weighted by Crippen LogP contribution is 2.29. The molecular formula is C13H25N3O. The topological polar surface area (TPSA) is 61.8 Å². The summed E-state index contributed by atoms with van der Waals surface area (Å²) in [5, 5.41) is 11.5. The zero-order chi connectivity index (χ0) is 12.1. The lowest BCUT2D eigenvalue weighted by molar-refractivity contribution is 0.131. The molecule has 0 aromatic heterocycles. The quantitative estimate of drug-likeness (QED) is 0.342. The second kappa shape index (κ2) is 6.24. The Labute approximate surface area is 104 Å². The van der Waals surface area contributed by atoms with E-state index in [1.165, 1.54) is 51.6 Å². The van der Waals surface area contributed by atoms with E-state index in [4.69, 9.17) is 10.9 Å². The first-order valence-corrected chi connectivity index (χ1v) is 7.00. The van der Waals surface area contributed by atoms with Gasteiger partial charge in [0.25, 0.3) is 0 Å². The highest BCUT2D eigenvalue weighted by atomic mass is 16.4. The van der Waals surface area contributed by atoms with Crippen molar-refractivity contribution in [2.45, 2.75) is 57.4 Å². The van der Waals surface area contributed by atoms with Gasteiger partial charge in [-0.1, -0.05) is 18.0 Å². The van der Waals surface area contributed by atoms with Crippen molar-refractivity contribution in [2.75, 3.05) is 13.1 Å². The lowest BCUT2D eigenvalue weighted by atomic mass is 9.91. The molecule has 0 aromatic carbocycles. The SMILES string of the molecule is N/C(CCC1CCN(C2CCCC2)CC1)=N\O. The number of likely N-dealkylation sites (tertiary alicyclic amines) is 1. The molecule has 0 aromatic rings. The van der Waals surface area contributed by atoms with Gasteiger partial charge in [-0.3, -0.25) is 0 Å². The molecule has 98 valence electrons. The lowest BCUT2D eigenvalue weighted by Gasteiger charge is -2.36. The van der Waals surface area contributed by atoms with Gasteiger partial charge in [0.1, 0.15) is 5.84 Å². The molecule has 2 rings (SSSR count).